The Bertz CT molecular complexity index is 539. The van der Waals surface area contributed by atoms with Crippen LogP contribution in [0.4, 0.5) is 0 Å². The van der Waals surface area contributed by atoms with Gasteiger partial charge in [0.15, 0.2) is 0 Å². The second-order valence-electron chi connectivity index (χ2n) is 14.8. The Labute approximate surface area is 281 Å². The van der Waals surface area contributed by atoms with Crippen molar-refractivity contribution >= 4 is 0 Å². The zero-order valence-electron chi connectivity index (χ0n) is 31.7. The van der Waals surface area contributed by atoms with Crippen molar-refractivity contribution in [2.24, 2.45) is 5.92 Å². The molecule has 0 saturated heterocycles. The lowest BCUT2D eigenvalue weighted by Crippen LogP contribution is -2.27. The van der Waals surface area contributed by atoms with E-state index >= 15 is 0 Å². The molecule has 0 aliphatic carbocycles. The summed E-state index contributed by atoms with van der Waals surface area (Å²) in [6.07, 6.45) is 47.0. The zero-order valence-corrected chi connectivity index (χ0v) is 31.7. The van der Waals surface area contributed by atoms with Crippen molar-refractivity contribution in [1.82, 2.24) is 4.90 Å². The van der Waals surface area contributed by atoms with Crippen LogP contribution in [0.1, 0.15) is 240 Å². The van der Waals surface area contributed by atoms with Crippen LogP contribution in [0.3, 0.4) is 0 Å². The Morgan fingerprint density at radius 1 is 0.364 bits per heavy atom. The molecule has 44 heavy (non-hydrogen) atoms. The van der Waals surface area contributed by atoms with Gasteiger partial charge in [-0.25, -0.2) is 0 Å². The summed E-state index contributed by atoms with van der Waals surface area (Å²) in [5.41, 5.74) is 1.52. The highest BCUT2D eigenvalue weighted by molar-refractivity contribution is 4.94. The first kappa shape index (κ1) is 43.7. The van der Waals surface area contributed by atoms with E-state index in [9.17, 15) is 0 Å². The van der Waals surface area contributed by atoms with Crippen LogP contribution < -0.4 is 0 Å². The highest BCUT2D eigenvalue weighted by Gasteiger charge is 2.10. The lowest BCUT2D eigenvalue weighted by atomic mass is 9.90. The fourth-order valence-corrected chi connectivity index (χ4v) is 7.19. The maximum Gasteiger partial charge on any atom is -0.00187 e. The molecule has 0 amide bonds. The van der Waals surface area contributed by atoms with E-state index in [0.29, 0.717) is 0 Å². The van der Waals surface area contributed by atoms with Crippen LogP contribution in [0.2, 0.25) is 0 Å². The van der Waals surface area contributed by atoms with Crippen molar-refractivity contribution in [3.8, 4) is 0 Å². The Morgan fingerprint density at radius 2 is 0.773 bits per heavy atom. The predicted octanol–water partition coefficient (Wildman–Crippen LogP) is 15.4. The number of allylic oxidation sites excluding steroid dienone is 1. The van der Waals surface area contributed by atoms with Gasteiger partial charge in [-0.2, -0.15) is 0 Å². The van der Waals surface area contributed by atoms with Crippen molar-refractivity contribution < 1.29 is 0 Å². The van der Waals surface area contributed by atoms with E-state index in [0.717, 1.165) is 5.92 Å². The van der Waals surface area contributed by atoms with Gasteiger partial charge in [0.2, 0.25) is 0 Å². The molecule has 1 nitrogen and oxygen atoms in total. The van der Waals surface area contributed by atoms with Crippen LogP contribution in [0, 0.1) is 5.92 Å². The Morgan fingerprint density at radius 3 is 1.20 bits per heavy atom. The van der Waals surface area contributed by atoms with Crippen molar-refractivity contribution in [2.75, 3.05) is 19.6 Å². The normalized spacial score (nSPS) is 12.4. The van der Waals surface area contributed by atoms with E-state index in [1.807, 2.05) is 0 Å². The van der Waals surface area contributed by atoms with Gasteiger partial charge in [-0.3, -0.25) is 0 Å². The van der Waals surface area contributed by atoms with Crippen LogP contribution in [-0.4, -0.2) is 24.5 Å². The van der Waals surface area contributed by atoms with Crippen LogP contribution >= 0.6 is 0 Å². The van der Waals surface area contributed by atoms with E-state index in [-0.39, 0.29) is 0 Å². The van der Waals surface area contributed by atoms with Crippen LogP contribution in [0.15, 0.2) is 12.2 Å². The van der Waals surface area contributed by atoms with Crippen molar-refractivity contribution in [3.63, 3.8) is 0 Å². The van der Waals surface area contributed by atoms with E-state index < -0.39 is 0 Å². The molecule has 0 saturated carbocycles. The minimum atomic E-state index is 0.927. The largest absolute Gasteiger partial charge is 0.303 e. The number of nitrogens with zero attached hydrogens (tertiary/aromatic N) is 1. The average Bonchev–Trinajstić information content (AvgIpc) is 3.02. The van der Waals surface area contributed by atoms with Gasteiger partial charge in [0.25, 0.3) is 0 Å². The van der Waals surface area contributed by atoms with Crippen LogP contribution in [0.25, 0.3) is 0 Å². The fraction of sp³-hybridized carbons (Fsp3) is 0.953. The molecule has 0 heterocycles. The third kappa shape index (κ3) is 33.1. The summed E-state index contributed by atoms with van der Waals surface area (Å²) < 4.78 is 0. The van der Waals surface area contributed by atoms with Gasteiger partial charge in [-0.15, -0.1) is 0 Å². The number of hydrogen-bond donors (Lipinski definition) is 0. The molecule has 0 aromatic carbocycles. The quantitative estimate of drug-likeness (QED) is 0.0492. The maximum atomic E-state index is 4.42. The number of rotatable bonds is 38. The van der Waals surface area contributed by atoms with Gasteiger partial charge >= 0.3 is 0 Å². The molecule has 1 heteroatoms. The van der Waals surface area contributed by atoms with E-state index in [1.165, 1.54) is 237 Å². The number of hydrogen-bond acceptors (Lipinski definition) is 1. The lowest BCUT2D eigenvalue weighted by molar-refractivity contribution is 0.256. The van der Waals surface area contributed by atoms with Gasteiger partial charge in [0.1, 0.15) is 0 Å². The van der Waals surface area contributed by atoms with Gasteiger partial charge in [-0.05, 0) is 70.5 Å². The Kier molecular flexibility index (Phi) is 36.9. The summed E-state index contributed by atoms with van der Waals surface area (Å²) in [6.45, 7) is 17.7. The molecule has 0 aliphatic heterocycles. The molecule has 264 valence electrons. The van der Waals surface area contributed by atoms with Gasteiger partial charge in [0.05, 0.1) is 0 Å². The lowest BCUT2D eigenvalue weighted by Gasteiger charge is -2.22. The van der Waals surface area contributed by atoms with E-state index in [1.54, 1.807) is 0 Å². The molecule has 0 radical (unpaired) electrons. The second kappa shape index (κ2) is 37.2. The van der Waals surface area contributed by atoms with Gasteiger partial charge in [-0.1, -0.05) is 207 Å². The first-order valence-corrected chi connectivity index (χ1v) is 21.1. The van der Waals surface area contributed by atoms with E-state index in [2.05, 4.69) is 39.2 Å². The average molecular weight is 618 g/mol. The Balaban J connectivity index is 3.69. The van der Waals surface area contributed by atoms with Crippen molar-refractivity contribution in [1.29, 1.82) is 0 Å². The molecule has 0 bridgehead atoms. The minimum absolute atomic E-state index is 0.927. The van der Waals surface area contributed by atoms with Crippen molar-refractivity contribution in [2.45, 2.75) is 240 Å². The summed E-state index contributed by atoms with van der Waals surface area (Å²) >= 11 is 0. The molecule has 1 unspecified atom stereocenters. The predicted molar refractivity (Wildman–Crippen MR) is 204 cm³/mol. The second-order valence-corrected chi connectivity index (χ2v) is 14.8. The molecular formula is C43H87N. The third-order valence-corrected chi connectivity index (χ3v) is 10.2. The Hall–Kier alpha value is -0.300. The molecule has 1 atom stereocenters. The zero-order chi connectivity index (χ0) is 32.2. The molecule has 0 aromatic rings. The molecular weight excluding hydrogens is 530 g/mol. The third-order valence-electron chi connectivity index (χ3n) is 10.2. The molecule has 0 fully saturated rings. The maximum absolute atomic E-state index is 4.42. The summed E-state index contributed by atoms with van der Waals surface area (Å²) in [7, 11) is 0. The highest BCUT2D eigenvalue weighted by Crippen LogP contribution is 2.24. The first-order chi connectivity index (χ1) is 21.7. The molecule has 0 aliphatic rings. The summed E-state index contributed by atoms with van der Waals surface area (Å²) in [5.74, 6) is 0.927. The molecule has 0 aromatic heterocycles. The molecule has 0 N–H and O–H groups in total. The topological polar surface area (TPSA) is 3.24 Å². The monoisotopic (exact) mass is 618 g/mol. The summed E-state index contributed by atoms with van der Waals surface area (Å²) in [6, 6.07) is 0. The first-order valence-electron chi connectivity index (χ1n) is 21.1. The minimum Gasteiger partial charge on any atom is -0.303 e. The summed E-state index contributed by atoms with van der Waals surface area (Å²) in [5, 5.41) is 0. The number of unbranched alkanes of at least 4 members (excludes halogenated alkanes) is 23. The summed E-state index contributed by atoms with van der Waals surface area (Å²) in [4.78, 5) is 2.78. The van der Waals surface area contributed by atoms with Crippen LogP contribution in [-0.2, 0) is 0 Å². The highest BCUT2D eigenvalue weighted by atomic mass is 15.1. The van der Waals surface area contributed by atoms with Crippen LogP contribution in [0.5, 0.6) is 0 Å². The van der Waals surface area contributed by atoms with Gasteiger partial charge < -0.3 is 4.90 Å². The molecule has 0 rings (SSSR count). The fourth-order valence-electron chi connectivity index (χ4n) is 7.19. The van der Waals surface area contributed by atoms with Crippen molar-refractivity contribution in [3.05, 3.63) is 12.2 Å². The SMILES string of the molecule is C=C(CCCCCCC)CCC(CCC)CCCCN(CCC)CCCCCCCCCCCCCCCCCCCCC. The van der Waals surface area contributed by atoms with Gasteiger partial charge in [0, 0.05) is 0 Å². The standard InChI is InChI=1S/C43H87N/c1-6-10-12-14-15-16-17-18-19-20-21-22-23-24-25-26-27-29-32-40-44(39-9-4)41-33-31-36-43(34-8-3)38-37-42(5)35-30-28-13-11-7-2/h43H,5-41H2,1-4H3. The smallest absolute Gasteiger partial charge is 0.00187 e. The molecule has 0 spiro atoms. The van der Waals surface area contributed by atoms with E-state index in [4.69, 9.17) is 0 Å².